The van der Waals surface area contributed by atoms with Gasteiger partial charge in [-0.3, -0.25) is 0 Å². The molecule has 0 unspecified atom stereocenters. The highest BCUT2D eigenvalue weighted by Gasteiger charge is 2.16. The lowest BCUT2D eigenvalue weighted by Crippen LogP contribution is -2.19. The third kappa shape index (κ3) is 4.21. The number of aryl methyl sites for hydroxylation is 2. The van der Waals surface area contributed by atoms with Gasteiger partial charge in [-0.05, 0) is 37.6 Å². The van der Waals surface area contributed by atoms with E-state index in [-0.39, 0.29) is 22.1 Å². The van der Waals surface area contributed by atoms with Crippen molar-refractivity contribution in [2.75, 3.05) is 14.2 Å². The normalized spacial score (nSPS) is 11.5. The maximum absolute atomic E-state index is 12.3. The van der Waals surface area contributed by atoms with Gasteiger partial charge in [0, 0.05) is 5.56 Å². The Morgan fingerprint density at radius 2 is 1.68 bits per heavy atom. The lowest BCUT2D eigenvalue weighted by molar-refractivity contribution is 0.340. The summed E-state index contributed by atoms with van der Waals surface area (Å²) in [5.41, 5.74) is 2.11. The Balaban J connectivity index is 2.25. The standard InChI is InChI=1S/C17H20N2O5S/c1-11-5-6-16(12(2)7-11)25(21,22)19-18-10-13-8-14(23-3)17(20)15(9-13)24-4/h5-10,19-20H,1-4H3/b18-10-. The highest BCUT2D eigenvalue weighted by molar-refractivity contribution is 7.89. The number of hydrogen-bond acceptors (Lipinski definition) is 6. The number of hydrogen-bond donors (Lipinski definition) is 2. The van der Waals surface area contributed by atoms with Crippen LogP contribution in [-0.2, 0) is 10.0 Å². The van der Waals surface area contributed by atoms with Crippen molar-refractivity contribution in [1.82, 2.24) is 4.83 Å². The van der Waals surface area contributed by atoms with Gasteiger partial charge in [-0.1, -0.05) is 17.7 Å². The molecule has 0 aliphatic carbocycles. The number of nitrogens with one attached hydrogen (secondary N) is 1. The van der Waals surface area contributed by atoms with E-state index >= 15 is 0 Å². The molecule has 0 atom stereocenters. The van der Waals surface area contributed by atoms with Gasteiger partial charge in [0.2, 0.25) is 5.75 Å². The summed E-state index contributed by atoms with van der Waals surface area (Å²) in [6, 6.07) is 8.06. The minimum Gasteiger partial charge on any atom is -0.502 e. The van der Waals surface area contributed by atoms with Crippen molar-refractivity contribution in [3.8, 4) is 17.2 Å². The molecule has 2 aromatic rings. The second kappa shape index (κ2) is 7.43. The van der Waals surface area contributed by atoms with Crippen molar-refractivity contribution >= 4 is 16.2 Å². The summed E-state index contributed by atoms with van der Waals surface area (Å²) in [5.74, 6) is 0.245. The monoisotopic (exact) mass is 364 g/mol. The Hall–Kier alpha value is -2.74. The van der Waals surface area contributed by atoms with Crippen LogP contribution in [0, 0.1) is 13.8 Å². The van der Waals surface area contributed by atoms with Crippen LogP contribution in [0.2, 0.25) is 0 Å². The Morgan fingerprint density at radius 3 is 2.20 bits per heavy atom. The van der Waals surface area contributed by atoms with Gasteiger partial charge in [-0.2, -0.15) is 13.5 Å². The van der Waals surface area contributed by atoms with Crippen LogP contribution in [-0.4, -0.2) is 34.0 Å². The first kappa shape index (κ1) is 18.6. The van der Waals surface area contributed by atoms with E-state index in [1.54, 1.807) is 19.1 Å². The minimum absolute atomic E-state index is 0.141. The first-order chi connectivity index (χ1) is 11.8. The molecule has 0 aliphatic rings. The molecule has 2 N–H and O–H groups in total. The van der Waals surface area contributed by atoms with Gasteiger partial charge < -0.3 is 14.6 Å². The number of rotatable bonds is 6. The summed E-state index contributed by atoms with van der Waals surface area (Å²) in [4.78, 5) is 2.33. The van der Waals surface area contributed by atoms with E-state index in [2.05, 4.69) is 9.93 Å². The number of methoxy groups -OCH3 is 2. The second-order valence-electron chi connectivity index (χ2n) is 5.40. The van der Waals surface area contributed by atoms with Crippen molar-refractivity contribution in [2.45, 2.75) is 18.7 Å². The minimum atomic E-state index is -3.78. The van der Waals surface area contributed by atoms with Crippen LogP contribution in [0.15, 0.2) is 40.3 Å². The van der Waals surface area contributed by atoms with Crippen molar-refractivity contribution in [1.29, 1.82) is 0 Å². The van der Waals surface area contributed by atoms with Gasteiger partial charge >= 0.3 is 0 Å². The summed E-state index contributed by atoms with van der Waals surface area (Å²) in [6.07, 6.45) is 1.30. The Kier molecular flexibility index (Phi) is 5.53. The van der Waals surface area contributed by atoms with Gasteiger partial charge in [0.25, 0.3) is 10.0 Å². The van der Waals surface area contributed by atoms with E-state index in [0.29, 0.717) is 11.1 Å². The van der Waals surface area contributed by atoms with Crippen molar-refractivity contribution < 1.29 is 23.0 Å². The number of nitrogens with zero attached hydrogens (tertiary/aromatic N) is 1. The molecular weight excluding hydrogens is 344 g/mol. The summed E-state index contributed by atoms with van der Waals surface area (Å²) in [7, 11) is -0.975. The molecule has 0 aromatic heterocycles. The predicted molar refractivity (Wildman–Crippen MR) is 95.0 cm³/mol. The van der Waals surface area contributed by atoms with Gasteiger partial charge in [-0.25, -0.2) is 4.83 Å². The number of aromatic hydroxyl groups is 1. The topological polar surface area (TPSA) is 97.2 Å². The smallest absolute Gasteiger partial charge is 0.276 e. The first-order valence-corrected chi connectivity index (χ1v) is 8.84. The molecule has 0 bridgehead atoms. The molecular formula is C17H20N2O5S. The van der Waals surface area contributed by atoms with Gasteiger partial charge in [-0.15, -0.1) is 0 Å². The second-order valence-corrected chi connectivity index (χ2v) is 7.03. The van der Waals surface area contributed by atoms with Crippen LogP contribution in [0.3, 0.4) is 0 Å². The largest absolute Gasteiger partial charge is 0.502 e. The number of ether oxygens (including phenoxy) is 2. The van der Waals surface area contributed by atoms with Crippen LogP contribution in [0.25, 0.3) is 0 Å². The molecule has 0 aliphatic heterocycles. The van der Waals surface area contributed by atoms with E-state index in [1.807, 2.05) is 6.92 Å². The zero-order chi connectivity index (χ0) is 18.6. The lowest BCUT2D eigenvalue weighted by atomic mass is 10.2. The maximum Gasteiger partial charge on any atom is 0.276 e. The lowest BCUT2D eigenvalue weighted by Gasteiger charge is -2.09. The molecule has 0 radical (unpaired) electrons. The molecule has 0 amide bonds. The molecule has 134 valence electrons. The van der Waals surface area contributed by atoms with Gasteiger partial charge in [0.1, 0.15) is 0 Å². The Labute approximate surface area is 147 Å². The van der Waals surface area contributed by atoms with Crippen molar-refractivity contribution in [3.63, 3.8) is 0 Å². The third-order valence-corrected chi connectivity index (χ3v) is 4.89. The molecule has 2 rings (SSSR count). The van der Waals surface area contributed by atoms with Crippen LogP contribution in [0.1, 0.15) is 16.7 Å². The Morgan fingerprint density at radius 1 is 1.08 bits per heavy atom. The van der Waals surface area contributed by atoms with E-state index in [1.165, 1.54) is 38.6 Å². The summed E-state index contributed by atoms with van der Waals surface area (Å²) < 4.78 is 34.8. The highest BCUT2D eigenvalue weighted by Crippen LogP contribution is 2.36. The fraction of sp³-hybridized carbons (Fsp3) is 0.235. The summed E-state index contributed by atoms with van der Waals surface area (Å²) in [5, 5.41) is 13.6. The number of benzene rings is 2. The fourth-order valence-corrected chi connectivity index (χ4v) is 3.33. The molecule has 2 aromatic carbocycles. The molecule has 0 saturated heterocycles. The van der Waals surface area contributed by atoms with Gasteiger partial charge in [0.15, 0.2) is 11.5 Å². The number of phenolic OH excluding ortho intramolecular Hbond substituents is 1. The van der Waals surface area contributed by atoms with Crippen LogP contribution in [0.5, 0.6) is 17.2 Å². The SMILES string of the molecule is COc1cc(/C=N\NS(=O)(=O)c2ccc(C)cc2C)cc(OC)c1O. The molecule has 0 fully saturated rings. The molecule has 25 heavy (non-hydrogen) atoms. The molecule has 0 saturated carbocycles. The number of phenols is 1. The van der Waals surface area contributed by atoms with Crippen molar-refractivity contribution in [3.05, 3.63) is 47.0 Å². The third-order valence-electron chi connectivity index (χ3n) is 3.51. The van der Waals surface area contributed by atoms with Crippen LogP contribution >= 0.6 is 0 Å². The summed E-state index contributed by atoms with van der Waals surface area (Å²) >= 11 is 0. The van der Waals surface area contributed by atoms with E-state index in [9.17, 15) is 13.5 Å². The average molecular weight is 364 g/mol. The van der Waals surface area contributed by atoms with E-state index in [4.69, 9.17) is 9.47 Å². The van der Waals surface area contributed by atoms with Gasteiger partial charge in [0.05, 0.1) is 25.3 Å². The first-order valence-electron chi connectivity index (χ1n) is 7.35. The van der Waals surface area contributed by atoms with E-state index in [0.717, 1.165) is 5.56 Å². The molecule has 0 spiro atoms. The number of sulfonamides is 1. The molecule has 7 nitrogen and oxygen atoms in total. The Bertz CT molecular complexity index is 882. The fourth-order valence-electron chi connectivity index (χ4n) is 2.31. The van der Waals surface area contributed by atoms with Crippen LogP contribution < -0.4 is 14.3 Å². The zero-order valence-corrected chi connectivity index (χ0v) is 15.2. The van der Waals surface area contributed by atoms with Crippen molar-refractivity contribution in [2.24, 2.45) is 5.10 Å². The average Bonchev–Trinajstić information content (AvgIpc) is 2.55. The predicted octanol–water partition coefficient (Wildman–Crippen LogP) is 2.34. The van der Waals surface area contributed by atoms with Crippen LogP contribution in [0.4, 0.5) is 0 Å². The molecule has 8 heteroatoms. The highest BCUT2D eigenvalue weighted by atomic mass is 32.2. The quantitative estimate of drug-likeness (QED) is 0.606. The molecule has 0 heterocycles. The number of hydrazone groups is 1. The maximum atomic E-state index is 12.3. The zero-order valence-electron chi connectivity index (χ0n) is 14.4. The summed E-state index contributed by atoms with van der Waals surface area (Å²) in [6.45, 7) is 3.61. The van der Waals surface area contributed by atoms with E-state index < -0.39 is 10.0 Å².